The summed E-state index contributed by atoms with van der Waals surface area (Å²) < 4.78 is 0. The summed E-state index contributed by atoms with van der Waals surface area (Å²) in [5, 5.41) is 14.2. The normalized spacial score (nSPS) is 22.0. The van der Waals surface area contributed by atoms with Gasteiger partial charge in [-0.05, 0) is 25.8 Å². The molecule has 7 nitrogen and oxygen atoms in total. The maximum absolute atomic E-state index is 11.8. The van der Waals surface area contributed by atoms with Crippen molar-refractivity contribution in [1.29, 1.82) is 0 Å². The molecule has 3 N–H and O–H groups in total. The van der Waals surface area contributed by atoms with Gasteiger partial charge in [-0.2, -0.15) is 0 Å². The monoisotopic (exact) mass is 299 g/mol. The van der Waals surface area contributed by atoms with Crippen molar-refractivity contribution >= 4 is 17.9 Å². The minimum Gasteiger partial charge on any atom is -0.481 e. The van der Waals surface area contributed by atoms with E-state index >= 15 is 0 Å². The van der Waals surface area contributed by atoms with Crippen molar-refractivity contribution in [2.45, 2.75) is 39.5 Å². The van der Waals surface area contributed by atoms with Gasteiger partial charge in [-0.15, -0.1) is 0 Å². The van der Waals surface area contributed by atoms with Crippen LogP contribution in [0.5, 0.6) is 0 Å². The molecule has 120 valence electrons. The summed E-state index contributed by atoms with van der Waals surface area (Å²) in [7, 11) is 0. The lowest BCUT2D eigenvalue weighted by atomic mass is 9.84. The number of imide groups is 1. The average Bonchev–Trinajstić information content (AvgIpc) is 2.83. The van der Waals surface area contributed by atoms with Gasteiger partial charge >= 0.3 is 12.0 Å². The average molecular weight is 299 g/mol. The maximum Gasteiger partial charge on any atom is 0.321 e. The molecule has 0 saturated carbocycles. The van der Waals surface area contributed by atoms with Crippen molar-refractivity contribution < 1.29 is 19.5 Å². The molecule has 0 bridgehead atoms. The van der Waals surface area contributed by atoms with Gasteiger partial charge in [0.15, 0.2) is 0 Å². The van der Waals surface area contributed by atoms with Gasteiger partial charge in [-0.1, -0.05) is 20.3 Å². The van der Waals surface area contributed by atoms with E-state index in [0.717, 1.165) is 12.8 Å². The van der Waals surface area contributed by atoms with Gasteiger partial charge in [0, 0.05) is 13.1 Å². The number of urea groups is 1. The number of carbonyl (C=O) groups is 3. The summed E-state index contributed by atoms with van der Waals surface area (Å²) >= 11 is 0. The third-order valence-electron chi connectivity index (χ3n) is 4.00. The largest absolute Gasteiger partial charge is 0.481 e. The second kappa shape index (κ2) is 7.97. The smallest absolute Gasteiger partial charge is 0.321 e. The Hall–Kier alpha value is -1.63. The van der Waals surface area contributed by atoms with Gasteiger partial charge in [0.05, 0.1) is 12.0 Å². The second-order valence-electron chi connectivity index (χ2n) is 5.56. The summed E-state index contributed by atoms with van der Waals surface area (Å²) in [6.45, 7) is 5.36. The molecule has 0 spiro atoms. The molecular formula is C14H25N3O4. The number of nitrogens with zero attached hydrogens (tertiary/aromatic N) is 1. The van der Waals surface area contributed by atoms with Crippen molar-refractivity contribution in [3.63, 3.8) is 0 Å². The molecule has 1 atom stereocenters. The third kappa shape index (κ3) is 5.00. The van der Waals surface area contributed by atoms with Crippen molar-refractivity contribution in [3.05, 3.63) is 0 Å². The number of carbonyl (C=O) groups excluding carboxylic acids is 2. The van der Waals surface area contributed by atoms with Gasteiger partial charge in [0.2, 0.25) is 5.91 Å². The summed E-state index contributed by atoms with van der Waals surface area (Å²) in [4.78, 5) is 36.3. The highest BCUT2D eigenvalue weighted by atomic mass is 16.4. The Bertz CT molecular complexity index is 400. The maximum atomic E-state index is 11.8. The molecule has 1 rings (SSSR count). The van der Waals surface area contributed by atoms with Crippen molar-refractivity contribution in [3.8, 4) is 0 Å². The van der Waals surface area contributed by atoms with E-state index in [4.69, 9.17) is 0 Å². The molecule has 1 unspecified atom stereocenters. The van der Waals surface area contributed by atoms with Crippen LogP contribution in [0.1, 0.15) is 39.5 Å². The number of aliphatic carboxylic acids is 1. The number of unbranched alkanes of at least 4 members (excludes halogenated alkanes) is 1. The number of nitrogens with one attached hydrogen (secondary N) is 2. The minimum atomic E-state index is -0.815. The highest BCUT2D eigenvalue weighted by Gasteiger charge is 2.43. The first-order valence-corrected chi connectivity index (χ1v) is 7.47. The lowest BCUT2D eigenvalue weighted by molar-refractivity contribution is -0.148. The third-order valence-corrected chi connectivity index (χ3v) is 4.00. The number of hydrogen-bond donors (Lipinski definition) is 3. The molecule has 0 aromatic heterocycles. The Balaban J connectivity index is 2.36. The van der Waals surface area contributed by atoms with Crippen LogP contribution >= 0.6 is 0 Å². The van der Waals surface area contributed by atoms with E-state index in [1.54, 1.807) is 4.90 Å². The molecule has 1 saturated heterocycles. The SMILES string of the molecule is CCCCNC(=O)NC(=O)CN1CCC(CC)(C(=O)O)C1. The summed E-state index contributed by atoms with van der Waals surface area (Å²) in [6, 6.07) is -0.493. The van der Waals surface area contributed by atoms with Crippen LogP contribution < -0.4 is 10.6 Å². The summed E-state index contributed by atoms with van der Waals surface area (Å²) in [6.07, 6.45) is 2.91. The first kappa shape index (κ1) is 17.4. The minimum absolute atomic E-state index is 0.0518. The van der Waals surface area contributed by atoms with Crippen LogP contribution in [0, 0.1) is 5.41 Å². The van der Waals surface area contributed by atoms with Gasteiger partial charge < -0.3 is 10.4 Å². The number of likely N-dealkylation sites (tertiary alicyclic amines) is 1. The molecule has 1 heterocycles. The molecule has 1 aliphatic heterocycles. The predicted octanol–water partition coefficient (Wildman–Crippen LogP) is 0.799. The van der Waals surface area contributed by atoms with E-state index in [2.05, 4.69) is 10.6 Å². The van der Waals surface area contributed by atoms with Crippen LogP contribution in [0.4, 0.5) is 4.79 Å². The fourth-order valence-electron chi connectivity index (χ4n) is 2.50. The Labute approximate surface area is 125 Å². The van der Waals surface area contributed by atoms with Crippen molar-refractivity contribution in [2.75, 3.05) is 26.2 Å². The Morgan fingerprint density at radius 3 is 2.52 bits per heavy atom. The Morgan fingerprint density at radius 2 is 2.00 bits per heavy atom. The summed E-state index contributed by atoms with van der Waals surface area (Å²) in [5.41, 5.74) is -0.760. The van der Waals surface area contributed by atoms with Crippen LogP contribution in [-0.4, -0.2) is 54.1 Å². The zero-order valence-electron chi connectivity index (χ0n) is 12.8. The quantitative estimate of drug-likeness (QED) is 0.604. The molecule has 1 aliphatic rings. The van der Waals surface area contributed by atoms with E-state index in [-0.39, 0.29) is 6.54 Å². The van der Waals surface area contributed by atoms with Gasteiger partial charge in [-0.3, -0.25) is 19.8 Å². The predicted molar refractivity (Wildman–Crippen MR) is 77.9 cm³/mol. The molecule has 7 heteroatoms. The van der Waals surface area contributed by atoms with Gasteiger partial charge in [0.25, 0.3) is 0 Å². The molecule has 3 amide bonds. The number of carboxylic acids is 1. The number of rotatable bonds is 7. The molecular weight excluding hydrogens is 274 g/mol. The van der Waals surface area contributed by atoms with Crippen LogP contribution in [0.2, 0.25) is 0 Å². The van der Waals surface area contributed by atoms with Crippen LogP contribution in [-0.2, 0) is 9.59 Å². The van der Waals surface area contributed by atoms with Crippen LogP contribution in [0.3, 0.4) is 0 Å². The van der Waals surface area contributed by atoms with E-state index in [0.29, 0.717) is 32.5 Å². The number of carboxylic acid groups (broad SMARTS) is 1. The van der Waals surface area contributed by atoms with Crippen LogP contribution in [0.25, 0.3) is 0 Å². The van der Waals surface area contributed by atoms with E-state index in [9.17, 15) is 19.5 Å². The molecule has 1 fully saturated rings. The fraction of sp³-hybridized carbons (Fsp3) is 0.786. The zero-order chi connectivity index (χ0) is 15.9. The van der Waals surface area contributed by atoms with E-state index in [1.807, 2.05) is 13.8 Å². The Morgan fingerprint density at radius 1 is 1.29 bits per heavy atom. The van der Waals surface area contributed by atoms with Crippen molar-refractivity contribution in [1.82, 2.24) is 15.5 Å². The lowest BCUT2D eigenvalue weighted by Crippen LogP contribution is -2.45. The molecule has 0 aromatic rings. The summed E-state index contributed by atoms with van der Waals surface area (Å²) in [5.74, 6) is -1.22. The first-order valence-electron chi connectivity index (χ1n) is 7.47. The van der Waals surface area contributed by atoms with Crippen molar-refractivity contribution in [2.24, 2.45) is 5.41 Å². The molecule has 21 heavy (non-hydrogen) atoms. The zero-order valence-corrected chi connectivity index (χ0v) is 12.8. The lowest BCUT2D eigenvalue weighted by Gasteiger charge is -2.22. The molecule has 0 radical (unpaired) electrons. The highest BCUT2D eigenvalue weighted by Crippen LogP contribution is 2.33. The number of amides is 3. The standard InChI is InChI=1S/C14H25N3O4/c1-3-5-7-15-13(21)16-11(18)9-17-8-6-14(4-2,10-17)12(19)20/h3-10H2,1-2H3,(H,19,20)(H2,15,16,18,21). The molecule has 0 aromatic carbocycles. The fourth-order valence-corrected chi connectivity index (χ4v) is 2.50. The molecule has 0 aliphatic carbocycles. The van der Waals surface area contributed by atoms with E-state index < -0.39 is 23.3 Å². The van der Waals surface area contributed by atoms with Gasteiger partial charge in [0.1, 0.15) is 0 Å². The van der Waals surface area contributed by atoms with Gasteiger partial charge in [-0.25, -0.2) is 4.79 Å². The highest BCUT2D eigenvalue weighted by molar-refractivity contribution is 5.95. The topological polar surface area (TPSA) is 98.7 Å². The Kier molecular flexibility index (Phi) is 6.61. The van der Waals surface area contributed by atoms with E-state index in [1.165, 1.54) is 0 Å². The first-order chi connectivity index (χ1) is 9.93. The second-order valence-corrected chi connectivity index (χ2v) is 5.56. The van der Waals surface area contributed by atoms with Crippen LogP contribution in [0.15, 0.2) is 0 Å². The number of hydrogen-bond acceptors (Lipinski definition) is 4.